The molecule has 0 heterocycles. The van der Waals surface area contributed by atoms with E-state index in [9.17, 15) is 19.7 Å². The summed E-state index contributed by atoms with van der Waals surface area (Å²) in [6, 6.07) is 10.7. The number of nitro groups is 1. The third kappa shape index (κ3) is 5.94. The van der Waals surface area contributed by atoms with Crippen LogP contribution in [-0.2, 0) is 16.0 Å². The molecule has 0 fully saturated rings. The number of hydrogen-bond acceptors (Lipinski definition) is 4. The van der Waals surface area contributed by atoms with Gasteiger partial charge in [0, 0.05) is 23.2 Å². The van der Waals surface area contributed by atoms with Gasteiger partial charge < -0.3 is 10.2 Å². The third-order valence-electron chi connectivity index (χ3n) is 3.92. The van der Waals surface area contributed by atoms with Crippen LogP contribution in [0.3, 0.4) is 0 Å². The first-order valence-corrected chi connectivity index (χ1v) is 9.32. The number of amides is 2. The largest absolute Gasteiger partial charge is 0.333 e. The first kappa shape index (κ1) is 21.7. The maximum Gasteiger partial charge on any atom is 0.273 e. The highest BCUT2D eigenvalue weighted by molar-refractivity contribution is 6.36. The number of nitrogens with one attached hydrogen (secondary N) is 1. The van der Waals surface area contributed by atoms with Crippen molar-refractivity contribution in [2.45, 2.75) is 19.8 Å². The molecule has 0 aliphatic carbocycles. The van der Waals surface area contributed by atoms with Gasteiger partial charge >= 0.3 is 0 Å². The van der Waals surface area contributed by atoms with Gasteiger partial charge in [-0.1, -0.05) is 48.3 Å². The first-order valence-electron chi connectivity index (χ1n) is 8.56. The topological polar surface area (TPSA) is 92.6 Å². The van der Waals surface area contributed by atoms with Gasteiger partial charge in [-0.3, -0.25) is 19.7 Å². The van der Waals surface area contributed by atoms with Crippen LogP contribution in [0.25, 0.3) is 0 Å². The van der Waals surface area contributed by atoms with E-state index < -0.39 is 10.8 Å². The minimum absolute atomic E-state index is 0.121. The first-order chi connectivity index (χ1) is 13.3. The Hall–Kier alpha value is -2.64. The van der Waals surface area contributed by atoms with Crippen molar-refractivity contribution in [3.63, 3.8) is 0 Å². The summed E-state index contributed by atoms with van der Waals surface area (Å²) in [6.45, 7) is 2.03. The molecule has 2 aromatic rings. The van der Waals surface area contributed by atoms with Gasteiger partial charge in [-0.15, -0.1) is 0 Å². The van der Waals surface area contributed by atoms with Crippen LogP contribution < -0.4 is 5.32 Å². The molecule has 0 spiro atoms. The molecular formula is C19H19Cl2N3O4. The van der Waals surface area contributed by atoms with Crippen LogP contribution in [0.5, 0.6) is 0 Å². The summed E-state index contributed by atoms with van der Waals surface area (Å²) in [6.07, 6.45) is 0.476. The zero-order valence-corrected chi connectivity index (χ0v) is 16.7. The Kier molecular flexibility index (Phi) is 7.78. The number of halogens is 2. The van der Waals surface area contributed by atoms with Crippen LogP contribution in [0.15, 0.2) is 42.5 Å². The summed E-state index contributed by atoms with van der Waals surface area (Å²) in [7, 11) is 0. The van der Waals surface area contributed by atoms with Crippen LogP contribution in [0, 0.1) is 10.1 Å². The average molecular weight is 424 g/mol. The Balaban J connectivity index is 2.08. The molecule has 2 amide bonds. The maximum absolute atomic E-state index is 12.7. The molecule has 28 heavy (non-hydrogen) atoms. The van der Waals surface area contributed by atoms with Crippen molar-refractivity contribution in [1.82, 2.24) is 4.90 Å². The second-order valence-corrected chi connectivity index (χ2v) is 6.89. The molecule has 0 radical (unpaired) electrons. The fourth-order valence-electron chi connectivity index (χ4n) is 2.63. The van der Waals surface area contributed by atoms with Crippen LogP contribution in [0.4, 0.5) is 11.4 Å². The molecule has 2 rings (SSSR count). The highest BCUT2D eigenvalue weighted by atomic mass is 35.5. The summed E-state index contributed by atoms with van der Waals surface area (Å²) in [4.78, 5) is 37.0. The number of nitrogens with zero attached hydrogens (tertiary/aromatic N) is 2. The normalized spacial score (nSPS) is 10.4. The number of para-hydroxylation sites is 1. The number of carbonyl (C=O) groups excluding carboxylic acids is 2. The summed E-state index contributed by atoms with van der Waals surface area (Å²) < 4.78 is 0. The van der Waals surface area contributed by atoms with Crippen LogP contribution in [0.1, 0.15) is 18.9 Å². The molecule has 1 N–H and O–H groups in total. The van der Waals surface area contributed by atoms with E-state index in [1.54, 1.807) is 24.3 Å². The van der Waals surface area contributed by atoms with Gasteiger partial charge in [0.05, 0.1) is 28.6 Å². The predicted octanol–water partition coefficient (Wildman–Crippen LogP) is 4.32. The fourth-order valence-corrected chi connectivity index (χ4v) is 3.08. The van der Waals surface area contributed by atoms with Gasteiger partial charge in [0.25, 0.3) is 5.69 Å². The average Bonchev–Trinajstić information content (AvgIpc) is 2.64. The third-order valence-corrected chi connectivity index (χ3v) is 4.46. The fraction of sp³-hybridized carbons (Fsp3) is 0.263. The molecule has 2 aromatic carbocycles. The highest BCUT2D eigenvalue weighted by Crippen LogP contribution is 2.25. The zero-order chi connectivity index (χ0) is 20.7. The molecule has 0 unspecified atom stereocenters. The molecule has 0 saturated heterocycles. The standard InChI is InChI=1S/C19H19Cl2N3O4/c1-2-9-23(12-18(25)22-16-8-7-14(20)11-15(16)21)19(26)10-13-5-3-4-6-17(13)24(27)28/h3-8,11H,2,9-10,12H2,1H3,(H,22,25). The van der Waals surface area contributed by atoms with E-state index in [1.807, 2.05) is 6.92 Å². The van der Waals surface area contributed by atoms with Gasteiger partial charge in [-0.2, -0.15) is 0 Å². The van der Waals surface area contributed by atoms with Crippen molar-refractivity contribution in [2.75, 3.05) is 18.4 Å². The quantitative estimate of drug-likeness (QED) is 0.505. The predicted molar refractivity (Wildman–Crippen MR) is 109 cm³/mol. The molecule has 0 bridgehead atoms. The molecule has 0 aromatic heterocycles. The number of nitro benzene ring substituents is 1. The molecule has 0 saturated carbocycles. The molecule has 148 valence electrons. The smallest absolute Gasteiger partial charge is 0.273 e. The van der Waals surface area contributed by atoms with E-state index in [0.717, 1.165) is 0 Å². The van der Waals surface area contributed by atoms with E-state index in [-0.39, 0.29) is 29.6 Å². The summed E-state index contributed by atoms with van der Waals surface area (Å²) in [5.74, 6) is -0.790. The minimum atomic E-state index is -0.526. The van der Waals surface area contributed by atoms with Crippen molar-refractivity contribution in [2.24, 2.45) is 0 Å². The van der Waals surface area contributed by atoms with E-state index >= 15 is 0 Å². The lowest BCUT2D eigenvalue weighted by Gasteiger charge is -2.22. The zero-order valence-electron chi connectivity index (χ0n) is 15.2. The van der Waals surface area contributed by atoms with Gasteiger partial charge in [-0.25, -0.2) is 0 Å². The van der Waals surface area contributed by atoms with Crippen LogP contribution in [-0.4, -0.2) is 34.7 Å². The Labute approximate surface area is 172 Å². The van der Waals surface area contributed by atoms with Crippen molar-refractivity contribution in [3.05, 3.63) is 68.2 Å². The van der Waals surface area contributed by atoms with Gasteiger partial charge in [0.1, 0.15) is 0 Å². The highest BCUT2D eigenvalue weighted by Gasteiger charge is 2.21. The summed E-state index contributed by atoms with van der Waals surface area (Å²) in [5.41, 5.74) is 0.572. The Morgan fingerprint density at radius 1 is 1.18 bits per heavy atom. The molecule has 0 aliphatic heterocycles. The van der Waals surface area contributed by atoms with Crippen LogP contribution >= 0.6 is 23.2 Å². The van der Waals surface area contributed by atoms with Crippen LogP contribution in [0.2, 0.25) is 10.0 Å². The number of rotatable bonds is 8. The lowest BCUT2D eigenvalue weighted by Crippen LogP contribution is -2.39. The van der Waals surface area contributed by atoms with E-state index in [0.29, 0.717) is 29.2 Å². The maximum atomic E-state index is 12.7. The second kappa shape index (κ2) is 10.1. The van der Waals surface area contributed by atoms with E-state index in [2.05, 4.69) is 5.32 Å². The van der Waals surface area contributed by atoms with E-state index in [4.69, 9.17) is 23.2 Å². The van der Waals surface area contributed by atoms with Crippen molar-refractivity contribution in [1.29, 1.82) is 0 Å². The van der Waals surface area contributed by atoms with Crippen molar-refractivity contribution in [3.8, 4) is 0 Å². The Morgan fingerprint density at radius 2 is 1.89 bits per heavy atom. The Bertz CT molecular complexity index is 889. The molecule has 9 heteroatoms. The molecular weight excluding hydrogens is 405 g/mol. The van der Waals surface area contributed by atoms with Gasteiger partial charge in [-0.05, 0) is 24.6 Å². The number of benzene rings is 2. The monoisotopic (exact) mass is 423 g/mol. The van der Waals surface area contributed by atoms with Gasteiger partial charge in [0.2, 0.25) is 11.8 Å². The lowest BCUT2D eigenvalue weighted by atomic mass is 10.1. The molecule has 7 nitrogen and oxygen atoms in total. The number of hydrogen-bond donors (Lipinski definition) is 1. The van der Waals surface area contributed by atoms with Crippen molar-refractivity contribution >= 4 is 46.4 Å². The van der Waals surface area contributed by atoms with Crippen molar-refractivity contribution < 1.29 is 14.5 Å². The van der Waals surface area contributed by atoms with Gasteiger partial charge in [0.15, 0.2) is 0 Å². The summed E-state index contributed by atoms with van der Waals surface area (Å²) >= 11 is 11.9. The lowest BCUT2D eigenvalue weighted by molar-refractivity contribution is -0.385. The Morgan fingerprint density at radius 3 is 2.54 bits per heavy atom. The number of carbonyl (C=O) groups is 2. The second-order valence-electron chi connectivity index (χ2n) is 6.05. The molecule has 0 atom stereocenters. The van der Waals surface area contributed by atoms with E-state index in [1.165, 1.54) is 23.1 Å². The minimum Gasteiger partial charge on any atom is -0.333 e. The number of anilines is 1. The molecule has 0 aliphatic rings. The SMILES string of the molecule is CCCN(CC(=O)Nc1ccc(Cl)cc1Cl)C(=O)Cc1ccccc1[N+](=O)[O-]. The summed E-state index contributed by atoms with van der Waals surface area (Å²) in [5, 5.41) is 14.5.